The molecule has 0 saturated carbocycles. The third-order valence-electron chi connectivity index (χ3n) is 1.45. The predicted molar refractivity (Wildman–Crippen MR) is 44.7 cm³/mol. The SMILES string of the molecule is COC(=O)c1cc(N)c(C#N)cn1. The van der Waals surface area contributed by atoms with Crippen LogP contribution in [0, 0.1) is 11.3 Å². The normalized spacial score (nSPS) is 8.92. The van der Waals surface area contributed by atoms with Crippen LogP contribution in [0.25, 0.3) is 0 Å². The number of nitrogens with two attached hydrogens (primary N) is 1. The van der Waals surface area contributed by atoms with Crippen LogP contribution in [0.15, 0.2) is 12.3 Å². The van der Waals surface area contributed by atoms with E-state index in [9.17, 15) is 4.79 Å². The van der Waals surface area contributed by atoms with E-state index in [0.717, 1.165) is 0 Å². The minimum absolute atomic E-state index is 0.0963. The van der Waals surface area contributed by atoms with Gasteiger partial charge in [0.05, 0.1) is 18.4 Å². The summed E-state index contributed by atoms with van der Waals surface area (Å²) in [7, 11) is 1.25. The molecule has 0 bridgehead atoms. The molecule has 0 aliphatic carbocycles. The van der Waals surface area contributed by atoms with Crippen LogP contribution in [0.1, 0.15) is 16.1 Å². The summed E-state index contributed by atoms with van der Waals surface area (Å²) in [6.07, 6.45) is 1.24. The van der Waals surface area contributed by atoms with Gasteiger partial charge in [-0.05, 0) is 6.07 Å². The van der Waals surface area contributed by atoms with E-state index in [1.807, 2.05) is 6.07 Å². The lowest BCUT2D eigenvalue weighted by atomic mass is 10.2. The molecule has 0 unspecified atom stereocenters. The fourth-order valence-electron chi connectivity index (χ4n) is 0.781. The molecule has 0 amide bonds. The van der Waals surface area contributed by atoms with Crippen molar-refractivity contribution >= 4 is 11.7 Å². The second-order valence-corrected chi connectivity index (χ2v) is 2.26. The number of hydrogen-bond donors (Lipinski definition) is 1. The van der Waals surface area contributed by atoms with Crippen LogP contribution in [0.5, 0.6) is 0 Å². The first-order valence-corrected chi connectivity index (χ1v) is 3.43. The zero-order valence-corrected chi connectivity index (χ0v) is 6.94. The second-order valence-electron chi connectivity index (χ2n) is 2.26. The number of nitriles is 1. The van der Waals surface area contributed by atoms with Crippen molar-refractivity contribution < 1.29 is 9.53 Å². The Hall–Kier alpha value is -2.09. The molecule has 1 heterocycles. The smallest absolute Gasteiger partial charge is 0.356 e. The van der Waals surface area contributed by atoms with Crippen LogP contribution in [0.2, 0.25) is 0 Å². The van der Waals surface area contributed by atoms with Gasteiger partial charge in [-0.25, -0.2) is 9.78 Å². The van der Waals surface area contributed by atoms with Gasteiger partial charge < -0.3 is 10.5 Å². The van der Waals surface area contributed by atoms with E-state index in [1.165, 1.54) is 19.4 Å². The molecule has 0 spiro atoms. The van der Waals surface area contributed by atoms with E-state index >= 15 is 0 Å². The summed E-state index contributed by atoms with van der Waals surface area (Å²) in [5.74, 6) is -0.573. The van der Waals surface area contributed by atoms with E-state index < -0.39 is 5.97 Å². The number of aromatic nitrogens is 1. The summed E-state index contributed by atoms with van der Waals surface area (Å²) in [6, 6.07) is 3.15. The average Bonchev–Trinajstić information content (AvgIpc) is 2.16. The van der Waals surface area contributed by atoms with Crippen molar-refractivity contribution in [3.63, 3.8) is 0 Å². The number of nitrogen functional groups attached to an aromatic ring is 1. The van der Waals surface area contributed by atoms with Gasteiger partial charge in [0.1, 0.15) is 11.8 Å². The second kappa shape index (κ2) is 3.54. The van der Waals surface area contributed by atoms with Gasteiger partial charge in [0.15, 0.2) is 0 Å². The molecule has 0 atom stereocenters. The quantitative estimate of drug-likeness (QED) is 0.624. The highest BCUT2D eigenvalue weighted by molar-refractivity contribution is 5.88. The largest absolute Gasteiger partial charge is 0.464 e. The predicted octanol–water partition coefficient (Wildman–Crippen LogP) is 0.322. The third-order valence-corrected chi connectivity index (χ3v) is 1.45. The Balaban J connectivity index is 3.11. The lowest BCUT2D eigenvalue weighted by molar-refractivity contribution is 0.0594. The molecule has 0 aliphatic rings. The summed E-state index contributed by atoms with van der Waals surface area (Å²) in [4.78, 5) is 14.6. The van der Waals surface area contributed by atoms with Gasteiger partial charge in [-0.2, -0.15) is 5.26 Å². The monoisotopic (exact) mass is 177 g/mol. The standard InChI is InChI=1S/C8H7N3O2/c1-13-8(12)7-2-6(10)5(3-9)4-11-7/h2,4H,1H3,(H2,10,11). The van der Waals surface area contributed by atoms with E-state index in [1.54, 1.807) is 0 Å². The van der Waals surface area contributed by atoms with E-state index in [0.29, 0.717) is 0 Å². The number of nitrogens with zero attached hydrogens (tertiary/aromatic N) is 2. The highest BCUT2D eigenvalue weighted by Crippen LogP contribution is 2.10. The highest BCUT2D eigenvalue weighted by Gasteiger charge is 2.08. The van der Waals surface area contributed by atoms with Crippen molar-refractivity contribution in [3.05, 3.63) is 23.5 Å². The Morgan fingerprint density at radius 2 is 2.46 bits per heavy atom. The van der Waals surface area contributed by atoms with E-state index in [4.69, 9.17) is 11.0 Å². The minimum atomic E-state index is -0.573. The van der Waals surface area contributed by atoms with Crippen LogP contribution in [0.3, 0.4) is 0 Å². The first-order chi connectivity index (χ1) is 6.19. The van der Waals surface area contributed by atoms with Crippen molar-refractivity contribution in [2.45, 2.75) is 0 Å². The lowest BCUT2D eigenvalue weighted by Gasteiger charge is -2.00. The number of hydrogen-bond acceptors (Lipinski definition) is 5. The summed E-state index contributed by atoms with van der Waals surface area (Å²) in [6.45, 7) is 0. The maximum absolute atomic E-state index is 10.9. The van der Waals surface area contributed by atoms with Gasteiger partial charge in [-0.3, -0.25) is 0 Å². The number of anilines is 1. The van der Waals surface area contributed by atoms with E-state index in [-0.39, 0.29) is 16.9 Å². The molecular formula is C8H7N3O2. The first kappa shape index (κ1) is 9.00. The van der Waals surface area contributed by atoms with Gasteiger partial charge in [-0.1, -0.05) is 0 Å². The van der Waals surface area contributed by atoms with Gasteiger partial charge in [0.2, 0.25) is 0 Å². The molecule has 0 radical (unpaired) electrons. The molecule has 1 aromatic rings. The summed E-state index contributed by atoms with van der Waals surface area (Å²) in [5.41, 5.74) is 6.01. The van der Waals surface area contributed by atoms with Crippen LogP contribution in [-0.2, 0) is 4.74 Å². The molecule has 0 aromatic carbocycles. The van der Waals surface area contributed by atoms with Gasteiger partial charge >= 0.3 is 5.97 Å². The van der Waals surface area contributed by atoms with Crippen molar-refractivity contribution in [1.82, 2.24) is 4.98 Å². The lowest BCUT2D eigenvalue weighted by Crippen LogP contribution is -2.05. The molecule has 0 aliphatic heterocycles. The van der Waals surface area contributed by atoms with E-state index in [2.05, 4.69) is 9.72 Å². The van der Waals surface area contributed by atoms with Gasteiger partial charge in [0, 0.05) is 6.20 Å². The fourth-order valence-corrected chi connectivity index (χ4v) is 0.781. The van der Waals surface area contributed by atoms with Crippen molar-refractivity contribution in [3.8, 4) is 6.07 Å². The van der Waals surface area contributed by atoms with Crippen molar-refractivity contribution in [2.75, 3.05) is 12.8 Å². The molecule has 1 rings (SSSR count). The molecule has 5 nitrogen and oxygen atoms in total. The molecule has 0 saturated heterocycles. The third kappa shape index (κ3) is 1.73. The van der Waals surface area contributed by atoms with Crippen LogP contribution < -0.4 is 5.73 Å². The molecule has 66 valence electrons. The Kier molecular flexibility index (Phi) is 2.45. The average molecular weight is 177 g/mol. The van der Waals surface area contributed by atoms with Crippen LogP contribution >= 0.6 is 0 Å². The Bertz CT molecular complexity index is 381. The number of rotatable bonds is 1. The zero-order chi connectivity index (χ0) is 9.84. The van der Waals surface area contributed by atoms with Crippen molar-refractivity contribution in [1.29, 1.82) is 5.26 Å². The van der Waals surface area contributed by atoms with Crippen molar-refractivity contribution in [2.24, 2.45) is 0 Å². The molecule has 13 heavy (non-hydrogen) atoms. The maximum atomic E-state index is 10.9. The number of methoxy groups -OCH3 is 1. The Morgan fingerprint density at radius 1 is 1.77 bits per heavy atom. The molecule has 5 heteroatoms. The summed E-state index contributed by atoms with van der Waals surface area (Å²) >= 11 is 0. The Morgan fingerprint density at radius 3 is 2.92 bits per heavy atom. The molecule has 2 N–H and O–H groups in total. The topological polar surface area (TPSA) is 89.0 Å². The number of esters is 1. The minimum Gasteiger partial charge on any atom is -0.464 e. The molecule has 0 fully saturated rings. The number of carbonyl (C=O) groups is 1. The van der Waals surface area contributed by atoms with Crippen LogP contribution in [-0.4, -0.2) is 18.1 Å². The first-order valence-electron chi connectivity index (χ1n) is 3.43. The molecule has 1 aromatic heterocycles. The van der Waals surface area contributed by atoms with Gasteiger partial charge in [-0.15, -0.1) is 0 Å². The summed E-state index contributed by atoms with van der Waals surface area (Å²) in [5, 5.41) is 8.52. The number of carbonyl (C=O) groups excluding carboxylic acids is 1. The maximum Gasteiger partial charge on any atom is 0.356 e. The summed E-state index contributed by atoms with van der Waals surface area (Å²) < 4.78 is 4.42. The molecular weight excluding hydrogens is 170 g/mol. The van der Waals surface area contributed by atoms with Crippen LogP contribution in [0.4, 0.5) is 5.69 Å². The number of pyridine rings is 1. The van der Waals surface area contributed by atoms with Gasteiger partial charge in [0.25, 0.3) is 0 Å². The fraction of sp³-hybridized carbons (Fsp3) is 0.125. The zero-order valence-electron chi connectivity index (χ0n) is 6.94. The number of ether oxygens (including phenoxy) is 1. The Labute approximate surface area is 74.8 Å². The highest BCUT2D eigenvalue weighted by atomic mass is 16.5.